The average Bonchev–Trinajstić information content (AvgIpc) is 3.10. The fraction of sp³-hybridized carbons (Fsp3) is 0.407. The van der Waals surface area contributed by atoms with Gasteiger partial charge in [0.05, 0.1) is 11.7 Å². The number of nitrogens with one attached hydrogen (secondary N) is 4. The molecule has 1 aliphatic carbocycles. The molecule has 6 heteroatoms. The third kappa shape index (κ3) is 5.63. The van der Waals surface area contributed by atoms with Gasteiger partial charge < -0.3 is 21.1 Å². The molecule has 3 rings (SSSR count). The van der Waals surface area contributed by atoms with Gasteiger partial charge in [0.15, 0.2) is 0 Å². The first-order valence-corrected chi connectivity index (χ1v) is 11.7. The van der Waals surface area contributed by atoms with E-state index < -0.39 is 6.10 Å². The fourth-order valence-electron chi connectivity index (χ4n) is 4.46. The highest BCUT2D eigenvalue weighted by Crippen LogP contribution is 2.42. The number of aryl methyl sites for hydroxylation is 2. The van der Waals surface area contributed by atoms with Gasteiger partial charge in [-0.05, 0) is 62.3 Å². The number of hydrogen-bond donors (Lipinski definition) is 5. The lowest BCUT2D eigenvalue weighted by Gasteiger charge is -2.28. The Morgan fingerprint density at radius 1 is 1.30 bits per heavy atom. The highest BCUT2D eigenvalue weighted by molar-refractivity contribution is 6.06. The second kappa shape index (κ2) is 10.7. The largest absolute Gasteiger partial charge is 0.392 e. The smallest absolute Gasteiger partial charge is 0.258 e. The molecule has 0 spiro atoms. The molecule has 5 N–H and O–H groups in total. The molecule has 33 heavy (non-hydrogen) atoms. The van der Waals surface area contributed by atoms with Gasteiger partial charge in [-0.2, -0.15) is 0 Å². The molecular weight excluding hydrogens is 412 g/mol. The van der Waals surface area contributed by atoms with Gasteiger partial charge >= 0.3 is 0 Å². The minimum absolute atomic E-state index is 0.143. The lowest BCUT2D eigenvalue weighted by molar-refractivity contribution is -0.115. The first-order valence-electron chi connectivity index (χ1n) is 11.7. The fourth-order valence-corrected chi connectivity index (χ4v) is 4.46. The average molecular weight is 449 g/mol. The summed E-state index contributed by atoms with van der Waals surface area (Å²) in [7, 11) is 0. The van der Waals surface area contributed by atoms with E-state index in [0.717, 1.165) is 24.1 Å². The lowest BCUT2D eigenvalue weighted by atomic mass is 9.76. The Kier molecular flexibility index (Phi) is 7.92. The lowest BCUT2D eigenvalue weighted by Crippen LogP contribution is -2.24. The number of carbonyl (C=O) groups is 1. The van der Waals surface area contributed by atoms with Gasteiger partial charge in [0.2, 0.25) is 0 Å². The Morgan fingerprint density at radius 3 is 2.73 bits per heavy atom. The molecular formula is C27H36N4O2. The van der Waals surface area contributed by atoms with Gasteiger partial charge in [-0.3, -0.25) is 10.2 Å². The molecule has 3 atom stereocenters. The van der Waals surface area contributed by atoms with Crippen molar-refractivity contribution >= 4 is 11.7 Å². The predicted molar refractivity (Wildman–Crippen MR) is 134 cm³/mol. The van der Waals surface area contributed by atoms with Crippen molar-refractivity contribution < 1.29 is 9.90 Å². The van der Waals surface area contributed by atoms with Crippen LogP contribution in [0.4, 0.5) is 0 Å². The Hall–Kier alpha value is -3.12. The van der Waals surface area contributed by atoms with Crippen molar-refractivity contribution in [2.45, 2.75) is 59.5 Å². The van der Waals surface area contributed by atoms with Crippen LogP contribution < -0.4 is 16.0 Å². The molecule has 1 amide bonds. The van der Waals surface area contributed by atoms with E-state index in [4.69, 9.17) is 5.41 Å². The molecule has 176 valence electrons. The summed E-state index contributed by atoms with van der Waals surface area (Å²) in [5.74, 6) is 0.522. The standard InChI is InChI=1S/C27H36N4O2/c1-6-19-9-8-16(3)21(12-19)22-14-23-24(13-20(22)7-2)31-27(33)26(23)18(5)30-25(28)10-11-29-15-17(4)32/h8-14,17,20,22,29,32H,6-7,15H2,1-5H3,(H2,28,30)(H,31,33)/b11-10-,26-18-/t17-,20?,22?/m1/s1. The van der Waals surface area contributed by atoms with Crippen LogP contribution in [0, 0.1) is 18.3 Å². The van der Waals surface area contributed by atoms with Gasteiger partial charge in [-0.25, -0.2) is 0 Å². The Morgan fingerprint density at radius 2 is 2.06 bits per heavy atom. The van der Waals surface area contributed by atoms with Crippen LogP contribution in [0.3, 0.4) is 0 Å². The summed E-state index contributed by atoms with van der Waals surface area (Å²) >= 11 is 0. The normalized spacial score (nSPS) is 22.3. The summed E-state index contributed by atoms with van der Waals surface area (Å²) in [6.45, 7) is 10.4. The first-order chi connectivity index (χ1) is 15.7. The van der Waals surface area contributed by atoms with Crippen LogP contribution in [-0.4, -0.2) is 29.5 Å². The van der Waals surface area contributed by atoms with E-state index >= 15 is 0 Å². The molecule has 1 fully saturated rings. The Bertz CT molecular complexity index is 1050. The third-order valence-electron chi connectivity index (χ3n) is 6.28. The van der Waals surface area contributed by atoms with Gasteiger partial charge in [0.25, 0.3) is 5.91 Å². The van der Waals surface area contributed by atoms with Crippen molar-refractivity contribution in [3.63, 3.8) is 0 Å². The van der Waals surface area contributed by atoms with E-state index in [2.05, 4.69) is 67.1 Å². The molecule has 2 unspecified atom stereocenters. The number of aliphatic hydroxyl groups excluding tert-OH is 1. The third-order valence-corrected chi connectivity index (χ3v) is 6.28. The van der Waals surface area contributed by atoms with Crippen molar-refractivity contribution in [1.82, 2.24) is 16.0 Å². The quantitative estimate of drug-likeness (QED) is 0.236. The zero-order valence-electron chi connectivity index (χ0n) is 20.3. The van der Waals surface area contributed by atoms with E-state index in [1.54, 1.807) is 19.2 Å². The van der Waals surface area contributed by atoms with Crippen LogP contribution in [0.2, 0.25) is 0 Å². The molecule has 0 saturated carbocycles. The number of fused-ring (bicyclic) bond motifs is 1. The van der Waals surface area contributed by atoms with Gasteiger partial charge in [-0.1, -0.05) is 44.2 Å². The van der Waals surface area contributed by atoms with Crippen molar-refractivity contribution in [2.24, 2.45) is 5.92 Å². The van der Waals surface area contributed by atoms with Crippen LogP contribution in [0.25, 0.3) is 0 Å². The second-order valence-corrected chi connectivity index (χ2v) is 8.89. The zero-order chi connectivity index (χ0) is 24.1. The number of benzene rings is 1. The van der Waals surface area contributed by atoms with E-state index in [0.29, 0.717) is 23.7 Å². The topological polar surface area (TPSA) is 97.2 Å². The molecule has 1 aromatic carbocycles. The highest BCUT2D eigenvalue weighted by atomic mass is 16.3. The summed E-state index contributed by atoms with van der Waals surface area (Å²) in [6, 6.07) is 6.68. The molecule has 1 heterocycles. The summed E-state index contributed by atoms with van der Waals surface area (Å²) in [6.07, 6.45) is 9.12. The van der Waals surface area contributed by atoms with E-state index in [1.807, 2.05) is 6.92 Å². The van der Waals surface area contributed by atoms with Gasteiger partial charge in [-0.15, -0.1) is 0 Å². The Balaban J connectivity index is 1.92. The molecule has 6 nitrogen and oxygen atoms in total. The molecule has 1 aliphatic heterocycles. The minimum atomic E-state index is -0.465. The second-order valence-electron chi connectivity index (χ2n) is 8.89. The highest BCUT2D eigenvalue weighted by Gasteiger charge is 2.35. The van der Waals surface area contributed by atoms with Crippen molar-refractivity contribution in [3.8, 4) is 0 Å². The number of amidine groups is 1. The summed E-state index contributed by atoms with van der Waals surface area (Å²) in [4.78, 5) is 12.9. The maximum atomic E-state index is 12.9. The van der Waals surface area contributed by atoms with Gasteiger partial charge in [0, 0.05) is 35.6 Å². The number of rotatable bonds is 8. The summed E-state index contributed by atoms with van der Waals surface area (Å²) in [5.41, 5.74) is 6.89. The predicted octanol–water partition coefficient (Wildman–Crippen LogP) is 3.95. The van der Waals surface area contributed by atoms with Gasteiger partial charge in [0.1, 0.15) is 5.84 Å². The van der Waals surface area contributed by atoms with Crippen molar-refractivity contribution in [2.75, 3.05) is 6.54 Å². The van der Waals surface area contributed by atoms with Crippen LogP contribution in [0.1, 0.15) is 56.7 Å². The summed E-state index contributed by atoms with van der Waals surface area (Å²) < 4.78 is 0. The minimum Gasteiger partial charge on any atom is -0.392 e. The van der Waals surface area contributed by atoms with Crippen LogP contribution in [0.5, 0.6) is 0 Å². The van der Waals surface area contributed by atoms with Crippen molar-refractivity contribution in [1.29, 1.82) is 5.41 Å². The van der Waals surface area contributed by atoms with Crippen molar-refractivity contribution in [3.05, 3.63) is 81.9 Å². The number of aliphatic hydroxyl groups is 1. The summed E-state index contributed by atoms with van der Waals surface area (Å²) in [5, 5.41) is 26.5. The molecule has 1 saturated heterocycles. The molecule has 1 aromatic rings. The maximum Gasteiger partial charge on any atom is 0.258 e. The zero-order valence-corrected chi connectivity index (χ0v) is 20.3. The SMILES string of the molecule is CCc1ccc(C)c(C2C=C3C(=CC2CC)NC(=O)/C3=C(/C)NC(=N)/C=C\NC[C@@H](C)O)c1. The number of hydrogen-bond acceptors (Lipinski definition) is 4. The van der Waals surface area contributed by atoms with Crippen LogP contribution >= 0.6 is 0 Å². The molecule has 0 bridgehead atoms. The van der Waals surface area contributed by atoms with Crippen LogP contribution in [-0.2, 0) is 11.2 Å². The monoisotopic (exact) mass is 448 g/mol. The van der Waals surface area contributed by atoms with E-state index in [9.17, 15) is 9.90 Å². The molecule has 0 radical (unpaired) electrons. The number of carbonyl (C=O) groups excluding carboxylic acids is 1. The molecule has 2 aliphatic rings. The van der Waals surface area contributed by atoms with E-state index in [-0.39, 0.29) is 17.7 Å². The number of allylic oxidation sites excluding steroid dienone is 4. The maximum absolute atomic E-state index is 12.9. The molecule has 0 aromatic heterocycles. The van der Waals surface area contributed by atoms with E-state index in [1.165, 1.54) is 16.7 Å². The van der Waals surface area contributed by atoms with Crippen LogP contribution in [0.15, 0.2) is 65.2 Å². The number of amides is 1. The first kappa shape index (κ1) is 24.5. The Labute approximate surface area is 197 Å².